The van der Waals surface area contributed by atoms with E-state index in [0.717, 1.165) is 0 Å². The number of benzene rings is 1. The fourth-order valence-electron chi connectivity index (χ4n) is 1.37. The Bertz CT molecular complexity index is 385. The van der Waals surface area contributed by atoms with Gasteiger partial charge in [-0.15, -0.1) is 11.6 Å². The number of carbonyl (C=O) groups is 1. The van der Waals surface area contributed by atoms with Crippen LogP contribution in [0.1, 0.15) is 19.8 Å². The van der Waals surface area contributed by atoms with Crippen molar-refractivity contribution in [3.05, 3.63) is 29.3 Å². The normalized spacial score (nSPS) is 11.9. The zero-order valence-electron chi connectivity index (χ0n) is 10.3. The standard InChI is InChI=1S/C13H17Cl2NO2/c1-10(9-16-13(17)7-4-8-14)18-12-6-3-2-5-11(12)15/h2-3,5-6,10H,4,7-9H2,1H3,(H,16,17). The van der Waals surface area contributed by atoms with Crippen molar-refractivity contribution in [2.24, 2.45) is 0 Å². The van der Waals surface area contributed by atoms with E-state index in [2.05, 4.69) is 5.32 Å². The second-order valence-electron chi connectivity index (χ2n) is 3.96. The molecule has 1 atom stereocenters. The molecule has 1 unspecified atom stereocenters. The fourth-order valence-corrected chi connectivity index (χ4v) is 1.69. The number of ether oxygens (including phenoxy) is 1. The number of nitrogens with one attached hydrogen (secondary N) is 1. The third-order valence-corrected chi connectivity index (χ3v) is 2.87. The Balaban J connectivity index is 2.32. The van der Waals surface area contributed by atoms with Crippen LogP contribution in [0.4, 0.5) is 0 Å². The van der Waals surface area contributed by atoms with Crippen molar-refractivity contribution >= 4 is 29.1 Å². The molecule has 0 saturated carbocycles. The van der Waals surface area contributed by atoms with Crippen molar-refractivity contribution in [3.8, 4) is 5.75 Å². The first-order valence-corrected chi connectivity index (χ1v) is 6.78. The lowest BCUT2D eigenvalue weighted by molar-refractivity contribution is -0.121. The van der Waals surface area contributed by atoms with Crippen LogP contribution in [0.15, 0.2) is 24.3 Å². The predicted octanol–water partition coefficient (Wildman–Crippen LogP) is 3.24. The minimum absolute atomic E-state index is 0.00902. The Hall–Kier alpha value is -0.930. The first-order chi connectivity index (χ1) is 8.63. The topological polar surface area (TPSA) is 38.3 Å². The molecular formula is C13H17Cl2NO2. The maximum absolute atomic E-state index is 11.4. The summed E-state index contributed by atoms with van der Waals surface area (Å²) in [4.78, 5) is 11.4. The van der Waals surface area contributed by atoms with Crippen molar-refractivity contribution < 1.29 is 9.53 Å². The highest BCUT2D eigenvalue weighted by molar-refractivity contribution is 6.32. The van der Waals surface area contributed by atoms with Crippen LogP contribution in [-0.4, -0.2) is 24.4 Å². The van der Waals surface area contributed by atoms with Gasteiger partial charge in [0.25, 0.3) is 0 Å². The first kappa shape index (κ1) is 15.1. The highest BCUT2D eigenvalue weighted by Gasteiger charge is 2.08. The van der Waals surface area contributed by atoms with E-state index in [1.807, 2.05) is 19.1 Å². The monoisotopic (exact) mass is 289 g/mol. The molecule has 0 heterocycles. The Morgan fingerprint density at radius 1 is 1.44 bits per heavy atom. The van der Waals surface area contributed by atoms with Crippen molar-refractivity contribution in [1.29, 1.82) is 0 Å². The number of hydrogen-bond acceptors (Lipinski definition) is 2. The van der Waals surface area contributed by atoms with Gasteiger partial charge in [-0.3, -0.25) is 4.79 Å². The van der Waals surface area contributed by atoms with E-state index >= 15 is 0 Å². The summed E-state index contributed by atoms with van der Waals surface area (Å²) in [7, 11) is 0. The van der Waals surface area contributed by atoms with Crippen LogP contribution in [0.25, 0.3) is 0 Å². The van der Waals surface area contributed by atoms with Gasteiger partial charge >= 0.3 is 0 Å². The molecule has 0 aliphatic carbocycles. The summed E-state index contributed by atoms with van der Waals surface area (Å²) in [5, 5.41) is 3.36. The minimum Gasteiger partial charge on any atom is -0.487 e. The van der Waals surface area contributed by atoms with Crippen molar-refractivity contribution in [3.63, 3.8) is 0 Å². The van der Waals surface area contributed by atoms with Crippen molar-refractivity contribution in [2.75, 3.05) is 12.4 Å². The number of alkyl halides is 1. The molecule has 0 radical (unpaired) electrons. The number of carbonyl (C=O) groups excluding carboxylic acids is 1. The molecule has 1 aromatic carbocycles. The van der Waals surface area contributed by atoms with Gasteiger partial charge in [-0.25, -0.2) is 0 Å². The summed E-state index contributed by atoms with van der Waals surface area (Å²) in [5.41, 5.74) is 0. The lowest BCUT2D eigenvalue weighted by atomic mass is 10.3. The van der Waals surface area contributed by atoms with Crippen LogP contribution >= 0.6 is 23.2 Å². The van der Waals surface area contributed by atoms with E-state index in [1.165, 1.54) is 0 Å². The van der Waals surface area contributed by atoms with E-state index in [0.29, 0.717) is 36.0 Å². The average Bonchev–Trinajstić information content (AvgIpc) is 2.36. The van der Waals surface area contributed by atoms with Crippen LogP contribution in [-0.2, 0) is 4.79 Å². The van der Waals surface area contributed by atoms with E-state index in [1.54, 1.807) is 12.1 Å². The minimum atomic E-state index is -0.134. The smallest absolute Gasteiger partial charge is 0.220 e. The molecule has 0 spiro atoms. The van der Waals surface area contributed by atoms with Crippen LogP contribution in [0.3, 0.4) is 0 Å². The number of para-hydroxylation sites is 1. The van der Waals surface area contributed by atoms with Crippen LogP contribution in [0.2, 0.25) is 5.02 Å². The first-order valence-electron chi connectivity index (χ1n) is 5.87. The summed E-state index contributed by atoms with van der Waals surface area (Å²) >= 11 is 11.5. The predicted molar refractivity (Wildman–Crippen MR) is 74.5 cm³/mol. The van der Waals surface area contributed by atoms with Crippen molar-refractivity contribution in [1.82, 2.24) is 5.32 Å². The number of amides is 1. The molecule has 0 aromatic heterocycles. The zero-order chi connectivity index (χ0) is 13.4. The van der Waals surface area contributed by atoms with Crippen LogP contribution in [0, 0.1) is 0 Å². The van der Waals surface area contributed by atoms with Crippen LogP contribution < -0.4 is 10.1 Å². The molecule has 0 saturated heterocycles. The van der Waals surface area contributed by atoms with Gasteiger partial charge in [0.1, 0.15) is 11.9 Å². The summed E-state index contributed by atoms with van der Waals surface area (Å²) < 4.78 is 5.63. The summed E-state index contributed by atoms with van der Waals surface area (Å²) in [6.07, 6.45) is 1.000. The Morgan fingerprint density at radius 2 is 2.17 bits per heavy atom. The second-order valence-corrected chi connectivity index (χ2v) is 4.74. The zero-order valence-corrected chi connectivity index (χ0v) is 11.8. The highest BCUT2D eigenvalue weighted by atomic mass is 35.5. The van der Waals surface area contributed by atoms with Gasteiger partial charge in [-0.05, 0) is 25.5 Å². The Morgan fingerprint density at radius 3 is 2.83 bits per heavy atom. The lowest BCUT2D eigenvalue weighted by Crippen LogP contribution is -2.33. The fraction of sp³-hybridized carbons (Fsp3) is 0.462. The van der Waals surface area contributed by atoms with E-state index in [9.17, 15) is 4.79 Å². The largest absolute Gasteiger partial charge is 0.487 e. The summed E-state index contributed by atoms with van der Waals surface area (Å²) in [6.45, 7) is 2.33. The number of rotatable bonds is 7. The number of halogens is 2. The summed E-state index contributed by atoms with van der Waals surface area (Å²) in [6, 6.07) is 7.26. The molecular weight excluding hydrogens is 273 g/mol. The molecule has 5 heteroatoms. The second kappa shape index (κ2) is 8.22. The van der Waals surface area contributed by atoms with Gasteiger partial charge in [0, 0.05) is 12.3 Å². The van der Waals surface area contributed by atoms with Gasteiger partial charge in [0.2, 0.25) is 5.91 Å². The Kier molecular flexibility index (Phi) is 6.91. The van der Waals surface area contributed by atoms with Crippen molar-refractivity contribution in [2.45, 2.75) is 25.9 Å². The molecule has 0 fully saturated rings. The van der Waals surface area contributed by atoms with Gasteiger partial charge in [-0.2, -0.15) is 0 Å². The van der Waals surface area contributed by atoms with Crippen LogP contribution in [0.5, 0.6) is 5.75 Å². The molecule has 0 bridgehead atoms. The SMILES string of the molecule is CC(CNC(=O)CCCCl)Oc1ccccc1Cl. The molecule has 0 aliphatic rings. The Labute approximate surface area is 117 Å². The van der Waals surface area contributed by atoms with E-state index < -0.39 is 0 Å². The third kappa shape index (κ3) is 5.61. The van der Waals surface area contributed by atoms with Gasteiger partial charge in [-0.1, -0.05) is 23.7 Å². The van der Waals surface area contributed by atoms with E-state index in [4.69, 9.17) is 27.9 Å². The molecule has 18 heavy (non-hydrogen) atoms. The quantitative estimate of drug-likeness (QED) is 0.783. The maximum Gasteiger partial charge on any atom is 0.220 e. The average molecular weight is 290 g/mol. The maximum atomic E-state index is 11.4. The van der Waals surface area contributed by atoms with E-state index in [-0.39, 0.29) is 12.0 Å². The van der Waals surface area contributed by atoms with Gasteiger partial charge in [0.05, 0.1) is 11.6 Å². The third-order valence-electron chi connectivity index (χ3n) is 2.29. The molecule has 100 valence electrons. The van der Waals surface area contributed by atoms with Gasteiger partial charge in [0.15, 0.2) is 0 Å². The summed E-state index contributed by atoms with van der Waals surface area (Å²) in [5.74, 6) is 1.12. The molecule has 1 rings (SSSR count). The lowest BCUT2D eigenvalue weighted by Gasteiger charge is -2.16. The molecule has 1 N–H and O–H groups in total. The molecule has 0 aliphatic heterocycles. The van der Waals surface area contributed by atoms with Gasteiger partial charge < -0.3 is 10.1 Å². The molecule has 3 nitrogen and oxygen atoms in total. The highest BCUT2D eigenvalue weighted by Crippen LogP contribution is 2.23. The number of hydrogen-bond donors (Lipinski definition) is 1. The molecule has 1 aromatic rings. The molecule has 1 amide bonds.